The summed E-state index contributed by atoms with van der Waals surface area (Å²) in [6.45, 7) is 2.50. The molecule has 2 atom stereocenters. The van der Waals surface area contributed by atoms with E-state index in [2.05, 4.69) is 36.2 Å². The first-order valence-electron chi connectivity index (χ1n) is 10.3. The molecule has 0 saturated carbocycles. The van der Waals surface area contributed by atoms with Crippen LogP contribution in [0.4, 0.5) is 0 Å². The molecule has 30 heavy (non-hydrogen) atoms. The number of pyridine rings is 1. The number of benzene rings is 2. The van der Waals surface area contributed by atoms with E-state index in [0.29, 0.717) is 6.61 Å². The van der Waals surface area contributed by atoms with Crippen molar-refractivity contribution in [3.05, 3.63) is 77.0 Å². The number of ether oxygens (including phenoxy) is 2. The third-order valence-electron chi connectivity index (χ3n) is 6.04. The number of carbonyl (C=O) groups is 1. The quantitative estimate of drug-likeness (QED) is 0.646. The second-order valence-corrected chi connectivity index (χ2v) is 7.99. The molecule has 0 unspecified atom stereocenters. The zero-order chi connectivity index (χ0) is 20.7. The van der Waals surface area contributed by atoms with E-state index in [0.717, 1.165) is 35.6 Å². The summed E-state index contributed by atoms with van der Waals surface area (Å²) in [5.74, 6) is 0.582. The second-order valence-electron chi connectivity index (χ2n) is 7.99. The minimum absolute atomic E-state index is 0.0155. The van der Waals surface area contributed by atoms with Crippen molar-refractivity contribution in [3.63, 3.8) is 0 Å². The van der Waals surface area contributed by atoms with Crippen LogP contribution in [0, 0.1) is 6.92 Å². The summed E-state index contributed by atoms with van der Waals surface area (Å²) in [5, 5.41) is 9.07. The molecule has 1 N–H and O–H groups in total. The van der Waals surface area contributed by atoms with E-state index in [1.54, 1.807) is 0 Å². The highest BCUT2D eigenvalue weighted by Crippen LogP contribution is 2.43. The molecule has 2 aliphatic rings. The summed E-state index contributed by atoms with van der Waals surface area (Å²) < 4.78 is 12.1. The number of hydrogen-bond donors (Lipinski definition) is 1. The Kier molecular flexibility index (Phi) is 4.66. The molecular formula is C25H23NO4. The number of fused-ring (bicyclic) bond motifs is 2. The predicted octanol–water partition coefficient (Wildman–Crippen LogP) is 5.07. The van der Waals surface area contributed by atoms with Crippen molar-refractivity contribution in [1.82, 2.24) is 4.98 Å². The van der Waals surface area contributed by atoms with Gasteiger partial charge in [-0.1, -0.05) is 30.3 Å². The lowest BCUT2D eigenvalue weighted by Crippen LogP contribution is -2.07. The number of aliphatic carboxylic acids is 1. The third-order valence-corrected chi connectivity index (χ3v) is 6.04. The normalized spacial score (nSPS) is 19.1. The van der Waals surface area contributed by atoms with Gasteiger partial charge >= 0.3 is 5.97 Å². The van der Waals surface area contributed by atoms with Gasteiger partial charge in [0.05, 0.1) is 18.7 Å². The molecule has 0 radical (unpaired) electrons. The minimum atomic E-state index is -0.807. The summed E-state index contributed by atoms with van der Waals surface area (Å²) in [6, 6.07) is 16.2. The SMILES string of the molecule is Cc1cccnc1-c1cccc2c1CC[C@H]2Oc1ccc2c(c1)OC[C@H]2CC(=O)O. The van der Waals surface area contributed by atoms with Gasteiger partial charge < -0.3 is 14.6 Å². The number of carboxylic acid groups (broad SMARTS) is 1. The van der Waals surface area contributed by atoms with E-state index >= 15 is 0 Å². The molecule has 0 saturated heterocycles. The molecule has 0 amide bonds. The summed E-state index contributed by atoms with van der Waals surface area (Å²) in [4.78, 5) is 15.6. The van der Waals surface area contributed by atoms with Crippen LogP contribution in [0.3, 0.4) is 0 Å². The molecule has 5 heteroatoms. The largest absolute Gasteiger partial charge is 0.492 e. The average molecular weight is 401 g/mol. The van der Waals surface area contributed by atoms with Gasteiger partial charge in [-0.25, -0.2) is 0 Å². The Morgan fingerprint density at radius 1 is 1.20 bits per heavy atom. The van der Waals surface area contributed by atoms with Gasteiger partial charge in [0, 0.05) is 29.3 Å². The first-order chi connectivity index (χ1) is 14.6. The van der Waals surface area contributed by atoms with Gasteiger partial charge in [-0.05, 0) is 48.6 Å². The third kappa shape index (κ3) is 3.30. The van der Waals surface area contributed by atoms with Crippen LogP contribution >= 0.6 is 0 Å². The fraction of sp³-hybridized carbons (Fsp3) is 0.280. The molecule has 2 aromatic carbocycles. The van der Waals surface area contributed by atoms with Gasteiger partial charge in [0.1, 0.15) is 17.6 Å². The van der Waals surface area contributed by atoms with Crippen LogP contribution in [0.25, 0.3) is 11.3 Å². The van der Waals surface area contributed by atoms with Crippen molar-refractivity contribution in [2.45, 2.75) is 38.2 Å². The predicted molar refractivity (Wildman–Crippen MR) is 113 cm³/mol. The molecule has 5 rings (SSSR count). The molecule has 1 aliphatic heterocycles. The Balaban J connectivity index is 1.40. The van der Waals surface area contributed by atoms with Crippen molar-refractivity contribution in [1.29, 1.82) is 0 Å². The fourth-order valence-electron chi connectivity index (χ4n) is 4.60. The summed E-state index contributed by atoms with van der Waals surface area (Å²) in [7, 11) is 0. The Labute approximate surface area is 175 Å². The van der Waals surface area contributed by atoms with E-state index in [1.807, 2.05) is 30.5 Å². The van der Waals surface area contributed by atoms with Gasteiger partial charge in [-0.15, -0.1) is 0 Å². The maximum absolute atomic E-state index is 11.0. The number of aryl methyl sites for hydroxylation is 1. The first-order valence-corrected chi connectivity index (χ1v) is 10.3. The Bertz CT molecular complexity index is 1120. The lowest BCUT2D eigenvalue weighted by molar-refractivity contribution is -0.137. The molecule has 1 aromatic heterocycles. The van der Waals surface area contributed by atoms with Crippen LogP contribution in [0.5, 0.6) is 11.5 Å². The number of aromatic nitrogens is 1. The lowest BCUT2D eigenvalue weighted by atomic mass is 9.97. The van der Waals surface area contributed by atoms with E-state index in [1.165, 1.54) is 22.3 Å². The first kappa shape index (κ1) is 18.7. The Hall–Kier alpha value is -3.34. The van der Waals surface area contributed by atoms with Crippen LogP contribution in [-0.4, -0.2) is 22.7 Å². The molecule has 3 aromatic rings. The van der Waals surface area contributed by atoms with Crippen LogP contribution in [0.1, 0.15) is 47.1 Å². The van der Waals surface area contributed by atoms with Crippen molar-refractivity contribution in [2.24, 2.45) is 0 Å². The van der Waals surface area contributed by atoms with Crippen molar-refractivity contribution in [2.75, 3.05) is 6.61 Å². The average Bonchev–Trinajstić information content (AvgIpc) is 3.32. The maximum Gasteiger partial charge on any atom is 0.304 e. The van der Waals surface area contributed by atoms with E-state index in [-0.39, 0.29) is 18.4 Å². The van der Waals surface area contributed by atoms with E-state index in [9.17, 15) is 4.79 Å². The Morgan fingerprint density at radius 3 is 2.93 bits per heavy atom. The highest BCUT2D eigenvalue weighted by molar-refractivity contribution is 5.70. The molecule has 152 valence electrons. The molecular weight excluding hydrogens is 378 g/mol. The van der Waals surface area contributed by atoms with Gasteiger partial charge in [0.15, 0.2) is 0 Å². The summed E-state index contributed by atoms with van der Waals surface area (Å²) in [6.07, 6.45) is 3.77. The van der Waals surface area contributed by atoms with Gasteiger partial charge in [-0.2, -0.15) is 0 Å². The maximum atomic E-state index is 11.0. The molecule has 1 aliphatic carbocycles. The zero-order valence-electron chi connectivity index (χ0n) is 16.8. The number of nitrogens with zero attached hydrogens (tertiary/aromatic N) is 1. The second kappa shape index (κ2) is 7.48. The monoisotopic (exact) mass is 401 g/mol. The highest BCUT2D eigenvalue weighted by atomic mass is 16.5. The smallest absolute Gasteiger partial charge is 0.304 e. The molecule has 2 heterocycles. The van der Waals surface area contributed by atoms with Gasteiger partial charge in [0.2, 0.25) is 0 Å². The standard InChI is InChI=1S/C25H23NO4/c1-15-4-3-11-26-25(15)21-6-2-5-20-19(21)9-10-22(20)30-17-7-8-18-16(12-24(27)28)14-29-23(18)13-17/h2-8,11,13,16,22H,9-10,12,14H2,1H3,(H,27,28)/t16-,22-/m1/s1. The van der Waals surface area contributed by atoms with Gasteiger partial charge in [-0.3, -0.25) is 9.78 Å². The Morgan fingerprint density at radius 2 is 2.10 bits per heavy atom. The molecule has 5 nitrogen and oxygen atoms in total. The van der Waals surface area contributed by atoms with E-state index in [4.69, 9.17) is 14.6 Å². The lowest BCUT2D eigenvalue weighted by Gasteiger charge is -2.17. The van der Waals surface area contributed by atoms with Crippen LogP contribution < -0.4 is 9.47 Å². The fourth-order valence-corrected chi connectivity index (χ4v) is 4.60. The molecule has 0 bridgehead atoms. The van der Waals surface area contributed by atoms with Crippen molar-refractivity contribution in [3.8, 4) is 22.8 Å². The van der Waals surface area contributed by atoms with E-state index < -0.39 is 5.97 Å². The summed E-state index contributed by atoms with van der Waals surface area (Å²) >= 11 is 0. The number of carboxylic acids is 1. The zero-order valence-corrected chi connectivity index (χ0v) is 16.8. The molecule has 0 spiro atoms. The van der Waals surface area contributed by atoms with Crippen molar-refractivity contribution < 1.29 is 19.4 Å². The summed E-state index contributed by atoms with van der Waals surface area (Å²) in [5.41, 5.74) is 6.85. The topological polar surface area (TPSA) is 68.7 Å². The highest BCUT2D eigenvalue weighted by Gasteiger charge is 2.29. The van der Waals surface area contributed by atoms with Crippen LogP contribution in [0.15, 0.2) is 54.7 Å². The van der Waals surface area contributed by atoms with Crippen LogP contribution in [-0.2, 0) is 11.2 Å². The van der Waals surface area contributed by atoms with Crippen LogP contribution in [0.2, 0.25) is 0 Å². The minimum Gasteiger partial charge on any atom is -0.492 e. The number of hydrogen-bond acceptors (Lipinski definition) is 4. The van der Waals surface area contributed by atoms with Gasteiger partial charge in [0.25, 0.3) is 0 Å². The molecule has 0 fully saturated rings. The number of rotatable bonds is 5. The van der Waals surface area contributed by atoms with Crippen molar-refractivity contribution >= 4 is 5.97 Å².